The van der Waals surface area contributed by atoms with Crippen LogP contribution in [0.15, 0.2) is 0 Å². The zero-order valence-electron chi connectivity index (χ0n) is 8.73. The molecule has 0 saturated carbocycles. The molecule has 0 aliphatic rings. The fourth-order valence-corrected chi connectivity index (χ4v) is 0.882. The number of ether oxygens (including phenoxy) is 1. The molecule has 0 aromatic carbocycles. The van der Waals surface area contributed by atoms with E-state index in [-0.39, 0.29) is 13.2 Å². The van der Waals surface area contributed by atoms with Crippen molar-refractivity contribution in [2.75, 3.05) is 20.2 Å². The van der Waals surface area contributed by atoms with Crippen molar-refractivity contribution in [3.8, 4) is 0 Å². The molecular formula is C8H15N3O4. The monoisotopic (exact) mass is 217 g/mol. The Balaban J connectivity index is 4.30. The number of carbonyl (C=O) groups is 3. The molecule has 0 bridgehead atoms. The zero-order chi connectivity index (χ0) is 12.0. The van der Waals surface area contributed by atoms with E-state index in [1.807, 2.05) is 0 Å². The van der Waals surface area contributed by atoms with Gasteiger partial charge in [0, 0.05) is 7.05 Å². The molecule has 1 unspecified atom stereocenters. The number of nitrogens with two attached hydrogens (primary N) is 2. The SMILES string of the molecule is CCOC(=O)C(N)C(=O)N(C)CC(N)=O. The van der Waals surface area contributed by atoms with Gasteiger partial charge in [0.2, 0.25) is 5.91 Å². The van der Waals surface area contributed by atoms with Crippen LogP contribution in [-0.2, 0) is 19.1 Å². The summed E-state index contributed by atoms with van der Waals surface area (Å²) in [7, 11) is 1.33. The molecule has 0 aliphatic heterocycles. The molecule has 7 heteroatoms. The van der Waals surface area contributed by atoms with E-state index in [4.69, 9.17) is 11.5 Å². The quantitative estimate of drug-likeness (QED) is 0.401. The summed E-state index contributed by atoms with van der Waals surface area (Å²) in [5, 5.41) is 0. The van der Waals surface area contributed by atoms with E-state index in [0.717, 1.165) is 4.90 Å². The normalized spacial score (nSPS) is 11.7. The first-order valence-electron chi connectivity index (χ1n) is 4.35. The molecular weight excluding hydrogens is 202 g/mol. The Hall–Kier alpha value is -1.63. The van der Waals surface area contributed by atoms with Crippen LogP contribution < -0.4 is 11.5 Å². The number of nitrogens with zero attached hydrogens (tertiary/aromatic N) is 1. The maximum absolute atomic E-state index is 11.4. The Kier molecular flexibility index (Phi) is 5.32. The molecule has 0 aromatic heterocycles. The Bertz CT molecular complexity index is 267. The number of hydrogen-bond donors (Lipinski definition) is 2. The van der Waals surface area contributed by atoms with E-state index in [9.17, 15) is 14.4 Å². The summed E-state index contributed by atoms with van der Waals surface area (Å²) in [5.41, 5.74) is 10.2. The Morgan fingerprint density at radius 1 is 1.40 bits per heavy atom. The van der Waals surface area contributed by atoms with Gasteiger partial charge in [0.15, 0.2) is 6.04 Å². The summed E-state index contributed by atoms with van der Waals surface area (Å²) in [6, 6.07) is -1.41. The number of amides is 2. The molecule has 0 aromatic rings. The van der Waals surface area contributed by atoms with Crippen LogP contribution in [0.2, 0.25) is 0 Å². The third kappa shape index (κ3) is 4.41. The van der Waals surface area contributed by atoms with E-state index < -0.39 is 23.8 Å². The van der Waals surface area contributed by atoms with E-state index in [1.54, 1.807) is 6.92 Å². The second-order valence-corrected chi connectivity index (χ2v) is 2.89. The summed E-state index contributed by atoms with van der Waals surface area (Å²) < 4.78 is 4.55. The highest BCUT2D eigenvalue weighted by molar-refractivity contribution is 6.02. The van der Waals surface area contributed by atoms with Gasteiger partial charge in [0.1, 0.15) is 0 Å². The number of hydrogen-bond acceptors (Lipinski definition) is 5. The second-order valence-electron chi connectivity index (χ2n) is 2.89. The van der Waals surface area contributed by atoms with Crippen molar-refractivity contribution in [2.24, 2.45) is 11.5 Å². The molecule has 0 fully saturated rings. The van der Waals surface area contributed by atoms with E-state index in [1.165, 1.54) is 7.05 Å². The second kappa shape index (κ2) is 5.97. The van der Waals surface area contributed by atoms with Crippen LogP contribution in [-0.4, -0.2) is 48.9 Å². The number of esters is 1. The van der Waals surface area contributed by atoms with Gasteiger partial charge in [-0.2, -0.15) is 0 Å². The smallest absolute Gasteiger partial charge is 0.332 e. The van der Waals surface area contributed by atoms with Crippen LogP contribution in [0, 0.1) is 0 Å². The highest BCUT2D eigenvalue weighted by Crippen LogP contribution is 1.93. The average Bonchev–Trinajstić information content (AvgIpc) is 2.14. The van der Waals surface area contributed by atoms with E-state index in [0.29, 0.717) is 0 Å². The van der Waals surface area contributed by atoms with Crippen molar-refractivity contribution in [1.82, 2.24) is 4.90 Å². The summed E-state index contributed by atoms with van der Waals surface area (Å²) >= 11 is 0. The predicted molar refractivity (Wildman–Crippen MR) is 51.4 cm³/mol. The molecule has 0 spiro atoms. The maximum Gasteiger partial charge on any atom is 0.332 e. The van der Waals surface area contributed by atoms with Gasteiger partial charge in [-0.05, 0) is 6.92 Å². The molecule has 0 heterocycles. The first-order chi connectivity index (χ1) is 6.90. The minimum absolute atomic E-state index is 0.138. The molecule has 4 N–H and O–H groups in total. The van der Waals surface area contributed by atoms with Crippen LogP contribution in [0.3, 0.4) is 0 Å². The zero-order valence-corrected chi connectivity index (χ0v) is 8.73. The fraction of sp³-hybridized carbons (Fsp3) is 0.625. The van der Waals surface area contributed by atoms with Crippen molar-refractivity contribution < 1.29 is 19.1 Å². The molecule has 1 atom stereocenters. The minimum Gasteiger partial charge on any atom is -0.464 e. The average molecular weight is 217 g/mol. The first kappa shape index (κ1) is 13.4. The highest BCUT2D eigenvalue weighted by Gasteiger charge is 2.26. The molecule has 7 nitrogen and oxygen atoms in total. The van der Waals surface area contributed by atoms with E-state index >= 15 is 0 Å². The predicted octanol–water partition coefficient (Wildman–Crippen LogP) is -2.18. The molecule has 86 valence electrons. The summed E-state index contributed by atoms with van der Waals surface area (Å²) in [6.45, 7) is 1.45. The third-order valence-electron chi connectivity index (χ3n) is 1.58. The summed E-state index contributed by atoms with van der Waals surface area (Å²) in [6.07, 6.45) is 0. The van der Waals surface area contributed by atoms with Gasteiger partial charge < -0.3 is 21.1 Å². The summed E-state index contributed by atoms with van der Waals surface area (Å²) in [4.78, 5) is 33.9. The molecule has 15 heavy (non-hydrogen) atoms. The Labute approximate surface area is 87.3 Å². The largest absolute Gasteiger partial charge is 0.464 e. The van der Waals surface area contributed by atoms with Crippen molar-refractivity contribution in [3.63, 3.8) is 0 Å². The van der Waals surface area contributed by atoms with Crippen molar-refractivity contribution in [2.45, 2.75) is 13.0 Å². The number of rotatable bonds is 5. The van der Waals surface area contributed by atoms with Gasteiger partial charge >= 0.3 is 5.97 Å². The lowest BCUT2D eigenvalue weighted by atomic mass is 10.3. The number of primary amides is 1. The Morgan fingerprint density at radius 3 is 2.33 bits per heavy atom. The molecule has 0 aliphatic carbocycles. The fourth-order valence-electron chi connectivity index (χ4n) is 0.882. The van der Waals surface area contributed by atoms with Gasteiger partial charge in [-0.3, -0.25) is 9.59 Å². The van der Waals surface area contributed by atoms with Crippen molar-refractivity contribution >= 4 is 17.8 Å². The van der Waals surface area contributed by atoms with Crippen LogP contribution in [0.4, 0.5) is 0 Å². The molecule has 0 radical (unpaired) electrons. The molecule has 0 saturated heterocycles. The third-order valence-corrected chi connectivity index (χ3v) is 1.58. The highest BCUT2D eigenvalue weighted by atomic mass is 16.5. The van der Waals surface area contributed by atoms with Gasteiger partial charge in [0.05, 0.1) is 13.2 Å². The lowest BCUT2D eigenvalue weighted by Crippen LogP contribution is -2.49. The van der Waals surface area contributed by atoms with E-state index in [2.05, 4.69) is 4.74 Å². The van der Waals surface area contributed by atoms with Gasteiger partial charge in [-0.15, -0.1) is 0 Å². The topological polar surface area (TPSA) is 116 Å². The maximum atomic E-state index is 11.4. The number of carbonyl (C=O) groups excluding carboxylic acids is 3. The lowest BCUT2D eigenvalue weighted by molar-refractivity contribution is -0.151. The van der Waals surface area contributed by atoms with Gasteiger partial charge in [-0.25, -0.2) is 4.79 Å². The molecule has 0 rings (SSSR count). The van der Waals surface area contributed by atoms with Crippen LogP contribution in [0.1, 0.15) is 6.92 Å². The summed E-state index contributed by atoms with van der Waals surface area (Å²) in [5.74, 6) is -2.20. The van der Waals surface area contributed by atoms with Crippen molar-refractivity contribution in [3.05, 3.63) is 0 Å². The minimum atomic E-state index is -1.41. The van der Waals surface area contributed by atoms with Gasteiger partial charge in [0.25, 0.3) is 5.91 Å². The first-order valence-corrected chi connectivity index (χ1v) is 4.35. The molecule has 2 amide bonds. The van der Waals surface area contributed by atoms with Crippen LogP contribution in [0.25, 0.3) is 0 Å². The standard InChI is InChI=1S/C8H15N3O4/c1-3-15-8(14)6(10)7(13)11(2)4-5(9)12/h6H,3-4,10H2,1-2H3,(H2,9,12). The number of likely N-dealkylation sites (N-methyl/N-ethyl adjacent to an activating group) is 1. The Morgan fingerprint density at radius 2 is 1.93 bits per heavy atom. The van der Waals surface area contributed by atoms with Crippen LogP contribution in [0.5, 0.6) is 0 Å². The van der Waals surface area contributed by atoms with Gasteiger partial charge in [-0.1, -0.05) is 0 Å². The van der Waals surface area contributed by atoms with Crippen LogP contribution >= 0.6 is 0 Å². The lowest BCUT2D eigenvalue weighted by Gasteiger charge is -2.18. The van der Waals surface area contributed by atoms with Crippen molar-refractivity contribution in [1.29, 1.82) is 0 Å².